The second-order valence-electron chi connectivity index (χ2n) is 1.85. The molecule has 0 aromatic heterocycles. The smallest absolute Gasteiger partial charge is 0.119 e. The Morgan fingerprint density at radius 2 is 1.92 bits per heavy atom. The standard InChI is InChI=1S/C4H8O.C3H10N2.C2H6/c1-2-3-4-5;1-5-3-2-4;1-2/h4H,2-3H2,1H3;5H,2-4H2,1H3;1-2H3. The van der Waals surface area contributed by atoms with Crippen molar-refractivity contribution in [2.75, 3.05) is 20.1 Å². The first-order valence-corrected chi connectivity index (χ1v) is 4.61. The Hall–Kier alpha value is -0.410. The zero-order valence-corrected chi connectivity index (χ0v) is 8.89. The molecule has 3 N–H and O–H groups in total. The number of carbonyl (C=O) groups excluding carboxylic acids is 1. The van der Waals surface area contributed by atoms with E-state index in [4.69, 9.17) is 5.73 Å². The number of carbonyl (C=O) groups is 1. The van der Waals surface area contributed by atoms with Crippen molar-refractivity contribution < 1.29 is 4.79 Å². The van der Waals surface area contributed by atoms with E-state index in [1.165, 1.54) is 0 Å². The molecule has 0 aromatic rings. The van der Waals surface area contributed by atoms with Gasteiger partial charge in [-0.25, -0.2) is 0 Å². The van der Waals surface area contributed by atoms with Gasteiger partial charge in [0, 0.05) is 19.5 Å². The van der Waals surface area contributed by atoms with Crippen LogP contribution in [0.4, 0.5) is 0 Å². The summed E-state index contributed by atoms with van der Waals surface area (Å²) in [6.45, 7) is 7.63. The Morgan fingerprint density at radius 1 is 1.42 bits per heavy atom. The van der Waals surface area contributed by atoms with E-state index in [9.17, 15) is 4.79 Å². The van der Waals surface area contributed by atoms with E-state index in [2.05, 4.69) is 5.32 Å². The maximum Gasteiger partial charge on any atom is 0.119 e. The third-order valence-electron chi connectivity index (χ3n) is 0.801. The molecule has 0 rings (SSSR count). The molecule has 0 radical (unpaired) electrons. The van der Waals surface area contributed by atoms with Crippen LogP contribution in [0.25, 0.3) is 0 Å². The molecule has 0 aromatic carbocycles. The number of nitrogens with two attached hydrogens (primary N) is 1. The molecule has 76 valence electrons. The van der Waals surface area contributed by atoms with Crippen molar-refractivity contribution in [1.82, 2.24) is 5.32 Å². The van der Waals surface area contributed by atoms with Gasteiger partial charge in [0.25, 0.3) is 0 Å². The summed E-state index contributed by atoms with van der Waals surface area (Å²) in [6.07, 6.45) is 2.61. The molecule has 3 heteroatoms. The summed E-state index contributed by atoms with van der Waals surface area (Å²) >= 11 is 0. The van der Waals surface area contributed by atoms with Gasteiger partial charge in [-0.15, -0.1) is 0 Å². The molecule has 3 nitrogen and oxygen atoms in total. The van der Waals surface area contributed by atoms with Crippen LogP contribution in [0.5, 0.6) is 0 Å². The lowest BCUT2D eigenvalue weighted by molar-refractivity contribution is -0.107. The number of aldehydes is 1. The van der Waals surface area contributed by atoms with Gasteiger partial charge < -0.3 is 15.8 Å². The van der Waals surface area contributed by atoms with Crippen LogP contribution in [0.15, 0.2) is 0 Å². The van der Waals surface area contributed by atoms with Gasteiger partial charge in [-0.1, -0.05) is 20.8 Å². The second kappa shape index (κ2) is 31.2. The number of nitrogens with one attached hydrogen (secondary N) is 1. The van der Waals surface area contributed by atoms with Gasteiger partial charge in [-0.05, 0) is 13.5 Å². The number of likely N-dealkylation sites (N-methyl/N-ethyl adjacent to an activating group) is 1. The summed E-state index contributed by atoms with van der Waals surface area (Å²) in [7, 11) is 1.88. The van der Waals surface area contributed by atoms with Crippen molar-refractivity contribution in [3.63, 3.8) is 0 Å². The zero-order valence-electron chi connectivity index (χ0n) is 8.89. The largest absolute Gasteiger partial charge is 0.329 e. The van der Waals surface area contributed by atoms with E-state index in [0.717, 1.165) is 25.8 Å². The highest BCUT2D eigenvalue weighted by molar-refractivity contribution is 5.48. The van der Waals surface area contributed by atoms with E-state index in [0.29, 0.717) is 6.42 Å². The molecule has 0 aliphatic carbocycles. The minimum Gasteiger partial charge on any atom is -0.329 e. The Kier molecular flexibility index (Phi) is 45.8. The summed E-state index contributed by atoms with van der Waals surface area (Å²) in [5, 5.41) is 2.89. The normalized spacial score (nSPS) is 7.08. The van der Waals surface area contributed by atoms with Crippen LogP contribution in [0.3, 0.4) is 0 Å². The predicted octanol–water partition coefficient (Wildman–Crippen LogP) is 1.18. The molecular formula is C9H24N2O. The summed E-state index contributed by atoms with van der Waals surface area (Å²) in [4.78, 5) is 9.40. The Labute approximate surface area is 76.7 Å². The number of unbranched alkanes of at least 4 members (excludes halogenated alkanes) is 1. The first-order chi connectivity index (χ1) is 5.83. The van der Waals surface area contributed by atoms with Gasteiger partial charge in [0.2, 0.25) is 0 Å². The van der Waals surface area contributed by atoms with E-state index < -0.39 is 0 Å². The van der Waals surface area contributed by atoms with Crippen LogP contribution in [-0.2, 0) is 4.79 Å². The average molecular weight is 176 g/mol. The molecule has 0 atom stereocenters. The molecule has 0 aliphatic rings. The SMILES string of the molecule is CC.CCCC=O.CNCCN. The third-order valence-corrected chi connectivity index (χ3v) is 0.801. The first kappa shape index (κ1) is 17.6. The van der Waals surface area contributed by atoms with Crippen LogP contribution in [-0.4, -0.2) is 26.4 Å². The molecular weight excluding hydrogens is 152 g/mol. The van der Waals surface area contributed by atoms with Crippen LogP contribution in [0.2, 0.25) is 0 Å². The molecule has 0 bridgehead atoms. The first-order valence-electron chi connectivity index (χ1n) is 4.61. The average Bonchev–Trinajstić information content (AvgIpc) is 2.12. The monoisotopic (exact) mass is 176 g/mol. The van der Waals surface area contributed by atoms with Gasteiger partial charge in [-0.2, -0.15) is 0 Å². The Morgan fingerprint density at radius 3 is 1.92 bits per heavy atom. The van der Waals surface area contributed by atoms with Crippen LogP contribution in [0.1, 0.15) is 33.6 Å². The number of hydrogen-bond donors (Lipinski definition) is 2. The minimum absolute atomic E-state index is 0.708. The van der Waals surface area contributed by atoms with Gasteiger partial charge in [0.05, 0.1) is 0 Å². The molecule has 0 saturated carbocycles. The lowest BCUT2D eigenvalue weighted by Gasteiger charge is -1.85. The minimum atomic E-state index is 0.708. The van der Waals surface area contributed by atoms with Crippen LogP contribution >= 0.6 is 0 Å². The quantitative estimate of drug-likeness (QED) is 0.632. The molecule has 12 heavy (non-hydrogen) atoms. The van der Waals surface area contributed by atoms with Crippen LogP contribution in [0, 0.1) is 0 Å². The third kappa shape index (κ3) is 54.9. The molecule has 0 amide bonds. The van der Waals surface area contributed by atoms with Crippen molar-refractivity contribution in [2.24, 2.45) is 5.73 Å². The Bertz CT molecular complexity index is 56.5. The van der Waals surface area contributed by atoms with E-state index in [1.54, 1.807) is 0 Å². The molecule has 0 aliphatic heterocycles. The highest BCUT2D eigenvalue weighted by Crippen LogP contribution is 1.74. The summed E-state index contributed by atoms with van der Waals surface area (Å²) in [5.41, 5.74) is 5.08. The van der Waals surface area contributed by atoms with E-state index in [-0.39, 0.29) is 0 Å². The van der Waals surface area contributed by atoms with Crippen molar-refractivity contribution in [3.8, 4) is 0 Å². The molecule has 0 spiro atoms. The maximum absolute atomic E-state index is 9.40. The van der Waals surface area contributed by atoms with Crippen molar-refractivity contribution >= 4 is 6.29 Å². The second-order valence-corrected chi connectivity index (χ2v) is 1.85. The maximum atomic E-state index is 9.40. The van der Waals surface area contributed by atoms with Crippen molar-refractivity contribution in [1.29, 1.82) is 0 Å². The van der Waals surface area contributed by atoms with E-state index >= 15 is 0 Å². The van der Waals surface area contributed by atoms with Gasteiger partial charge >= 0.3 is 0 Å². The fourth-order valence-corrected chi connectivity index (χ4v) is 0.262. The lowest BCUT2D eigenvalue weighted by Crippen LogP contribution is -2.17. The van der Waals surface area contributed by atoms with Crippen molar-refractivity contribution in [2.45, 2.75) is 33.6 Å². The number of hydrogen-bond acceptors (Lipinski definition) is 3. The fraction of sp³-hybridized carbons (Fsp3) is 0.889. The lowest BCUT2D eigenvalue weighted by atomic mass is 10.4. The number of rotatable bonds is 4. The molecule has 0 saturated heterocycles. The Balaban J connectivity index is -0.000000112. The predicted molar refractivity (Wildman–Crippen MR) is 55.3 cm³/mol. The summed E-state index contributed by atoms with van der Waals surface area (Å²) in [6, 6.07) is 0. The molecule has 0 fully saturated rings. The molecule has 0 unspecified atom stereocenters. The van der Waals surface area contributed by atoms with E-state index in [1.807, 2.05) is 27.8 Å². The molecule has 0 heterocycles. The van der Waals surface area contributed by atoms with Crippen molar-refractivity contribution in [3.05, 3.63) is 0 Å². The fourth-order valence-electron chi connectivity index (χ4n) is 0.262. The topological polar surface area (TPSA) is 55.1 Å². The van der Waals surface area contributed by atoms with Gasteiger partial charge in [-0.3, -0.25) is 0 Å². The zero-order chi connectivity index (χ0) is 10.2. The summed E-state index contributed by atoms with van der Waals surface area (Å²) in [5.74, 6) is 0. The highest BCUT2D eigenvalue weighted by atomic mass is 16.1. The highest BCUT2D eigenvalue weighted by Gasteiger charge is 1.66. The summed E-state index contributed by atoms with van der Waals surface area (Å²) < 4.78 is 0. The van der Waals surface area contributed by atoms with Gasteiger partial charge in [0.1, 0.15) is 6.29 Å². The van der Waals surface area contributed by atoms with Crippen LogP contribution < -0.4 is 11.1 Å². The van der Waals surface area contributed by atoms with Gasteiger partial charge in [0.15, 0.2) is 0 Å².